The Kier molecular flexibility index (Phi) is 4.68. The van der Waals surface area contributed by atoms with Crippen LogP contribution in [0.2, 0.25) is 0 Å². The van der Waals surface area contributed by atoms with E-state index in [0.717, 1.165) is 38.4 Å². The number of nitrogens with one attached hydrogen (secondary N) is 1. The quantitative estimate of drug-likeness (QED) is 0.817. The summed E-state index contributed by atoms with van der Waals surface area (Å²) in [4.78, 5) is 2.30. The summed E-state index contributed by atoms with van der Waals surface area (Å²) in [7, 11) is 4.09. The van der Waals surface area contributed by atoms with Crippen molar-refractivity contribution in [1.82, 2.24) is 25.2 Å². The van der Waals surface area contributed by atoms with Gasteiger partial charge in [-0.25, -0.2) is 4.68 Å². The second kappa shape index (κ2) is 6.26. The molecule has 6 heteroatoms. The number of aromatic nitrogens is 3. The molecule has 0 radical (unpaired) electrons. The molecule has 1 fully saturated rings. The SMILES string of the molecule is CCCn1nncc1C(NC)C1CN(C)CCO1. The predicted octanol–water partition coefficient (Wildman–Crippen LogP) is 0.279. The molecule has 2 heterocycles. The summed E-state index contributed by atoms with van der Waals surface area (Å²) >= 11 is 0. The number of hydrogen-bond donors (Lipinski definition) is 1. The van der Waals surface area contributed by atoms with Gasteiger partial charge in [-0.05, 0) is 20.5 Å². The van der Waals surface area contributed by atoms with Crippen LogP contribution in [0.25, 0.3) is 0 Å². The van der Waals surface area contributed by atoms with Gasteiger partial charge in [0.25, 0.3) is 0 Å². The summed E-state index contributed by atoms with van der Waals surface area (Å²) < 4.78 is 7.86. The van der Waals surface area contributed by atoms with Crippen molar-refractivity contribution in [2.75, 3.05) is 33.8 Å². The summed E-state index contributed by atoms with van der Waals surface area (Å²) in [5.41, 5.74) is 1.11. The first kappa shape index (κ1) is 13.5. The highest BCUT2D eigenvalue weighted by Gasteiger charge is 2.29. The van der Waals surface area contributed by atoms with E-state index in [4.69, 9.17) is 4.74 Å². The lowest BCUT2D eigenvalue weighted by molar-refractivity contribution is -0.0394. The summed E-state index contributed by atoms with van der Waals surface area (Å²) in [6.45, 7) is 5.76. The van der Waals surface area contributed by atoms with Crippen molar-refractivity contribution < 1.29 is 4.74 Å². The molecule has 1 aliphatic rings. The van der Waals surface area contributed by atoms with Crippen molar-refractivity contribution in [2.24, 2.45) is 0 Å². The van der Waals surface area contributed by atoms with Gasteiger partial charge in [-0.2, -0.15) is 0 Å². The maximum absolute atomic E-state index is 5.89. The van der Waals surface area contributed by atoms with E-state index in [0.29, 0.717) is 0 Å². The van der Waals surface area contributed by atoms with E-state index in [-0.39, 0.29) is 12.1 Å². The topological polar surface area (TPSA) is 55.2 Å². The van der Waals surface area contributed by atoms with Crippen molar-refractivity contribution in [3.8, 4) is 0 Å². The van der Waals surface area contributed by atoms with Gasteiger partial charge in [-0.1, -0.05) is 12.1 Å². The van der Waals surface area contributed by atoms with Crippen LogP contribution in [0.4, 0.5) is 0 Å². The van der Waals surface area contributed by atoms with Crippen molar-refractivity contribution in [3.05, 3.63) is 11.9 Å². The van der Waals surface area contributed by atoms with E-state index in [1.165, 1.54) is 0 Å². The minimum Gasteiger partial charge on any atom is -0.374 e. The molecule has 1 aliphatic heterocycles. The summed E-state index contributed by atoms with van der Waals surface area (Å²) in [6, 6.07) is 0.147. The van der Waals surface area contributed by atoms with Crippen molar-refractivity contribution >= 4 is 0 Å². The minimum absolute atomic E-state index is 0.147. The van der Waals surface area contributed by atoms with Crippen LogP contribution in [0.3, 0.4) is 0 Å². The fourth-order valence-electron chi connectivity index (χ4n) is 2.43. The van der Waals surface area contributed by atoms with Gasteiger partial charge in [0.2, 0.25) is 0 Å². The average molecular weight is 253 g/mol. The fourth-order valence-corrected chi connectivity index (χ4v) is 2.43. The van der Waals surface area contributed by atoms with E-state index in [1.807, 2.05) is 17.9 Å². The van der Waals surface area contributed by atoms with E-state index in [1.54, 1.807) is 0 Å². The van der Waals surface area contributed by atoms with E-state index in [9.17, 15) is 0 Å². The average Bonchev–Trinajstić information content (AvgIpc) is 2.79. The number of morpholine rings is 1. The summed E-state index contributed by atoms with van der Waals surface area (Å²) in [6.07, 6.45) is 3.05. The molecule has 0 amide bonds. The van der Waals surface area contributed by atoms with Crippen LogP contribution in [-0.4, -0.2) is 59.8 Å². The molecule has 0 aromatic carbocycles. The van der Waals surface area contributed by atoms with Crippen LogP contribution < -0.4 is 5.32 Å². The first-order chi connectivity index (χ1) is 8.76. The molecular formula is C12H23N5O. The van der Waals surface area contributed by atoms with Crippen molar-refractivity contribution in [1.29, 1.82) is 0 Å². The predicted molar refractivity (Wildman–Crippen MR) is 69.4 cm³/mol. The standard InChI is InChI=1S/C12H23N5O/c1-4-5-17-10(8-14-15-17)12(13-2)11-9-16(3)6-7-18-11/h8,11-13H,4-7,9H2,1-3H3. The largest absolute Gasteiger partial charge is 0.374 e. The third-order valence-electron chi connectivity index (χ3n) is 3.38. The van der Waals surface area contributed by atoms with Crippen LogP contribution >= 0.6 is 0 Å². The molecule has 1 aromatic rings. The first-order valence-electron chi connectivity index (χ1n) is 6.62. The monoisotopic (exact) mass is 253 g/mol. The molecule has 1 N–H and O–H groups in total. The normalized spacial score (nSPS) is 23.2. The Bertz CT molecular complexity index is 367. The van der Waals surface area contributed by atoms with Gasteiger partial charge in [-0.3, -0.25) is 0 Å². The van der Waals surface area contributed by atoms with Gasteiger partial charge in [0.1, 0.15) is 0 Å². The molecule has 102 valence electrons. The second-order valence-corrected chi connectivity index (χ2v) is 4.82. The Labute approximate surface area is 108 Å². The molecule has 2 atom stereocenters. The molecule has 2 rings (SSSR count). The Morgan fingerprint density at radius 3 is 3.11 bits per heavy atom. The van der Waals surface area contributed by atoms with Gasteiger partial charge in [-0.15, -0.1) is 5.10 Å². The van der Waals surface area contributed by atoms with Gasteiger partial charge in [0, 0.05) is 19.6 Å². The van der Waals surface area contributed by atoms with Crippen LogP contribution in [0.5, 0.6) is 0 Å². The Morgan fingerprint density at radius 2 is 2.44 bits per heavy atom. The highest BCUT2D eigenvalue weighted by Crippen LogP contribution is 2.21. The zero-order valence-electron chi connectivity index (χ0n) is 11.5. The van der Waals surface area contributed by atoms with Crippen molar-refractivity contribution in [2.45, 2.75) is 32.0 Å². The molecular weight excluding hydrogens is 230 g/mol. The zero-order chi connectivity index (χ0) is 13.0. The lowest BCUT2D eigenvalue weighted by Gasteiger charge is -2.35. The Morgan fingerprint density at radius 1 is 1.61 bits per heavy atom. The number of ether oxygens (including phenoxy) is 1. The van der Waals surface area contributed by atoms with Gasteiger partial charge in [0.15, 0.2) is 0 Å². The van der Waals surface area contributed by atoms with E-state index < -0.39 is 0 Å². The van der Waals surface area contributed by atoms with Crippen LogP contribution in [0, 0.1) is 0 Å². The minimum atomic E-state index is 0.147. The van der Waals surface area contributed by atoms with Gasteiger partial charge in [0.05, 0.1) is 30.6 Å². The lowest BCUT2D eigenvalue weighted by Crippen LogP contribution is -2.46. The highest BCUT2D eigenvalue weighted by molar-refractivity contribution is 5.06. The smallest absolute Gasteiger partial charge is 0.0912 e. The maximum atomic E-state index is 5.89. The fraction of sp³-hybridized carbons (Fsp3) is 0.833. The third-order valence-corrected chi connectivity index (χ3v) is 3.38. The Balaban J connectivity index is 2.13. The molecule has 6 nitrogen and oxygen atoms in total. The molecule has 0 aliphatic carbocycles. The maximum Gasteiger partial charge on any atom is 0.0912 e. The molecule has 2 unspecified atom stereocenters. The Hall–Kier alpha value is -0.980. The molecule has 1 saturated heterocycles. The highest BCUT2D eigenvalue weighted by atomic mass is 16.5. The number of aryl methyl sites for hydroxylation is 1. The molecule has 0 spiro atoms. The van der Waals surface area contributed by atoms with Crippen LogP contribution in [-0.2, 0) is 11.3 Å². The number of hydrogen-bond acceptors (Lipinski definition) is 5. The second-order valence-electron chi connectivity index (χ2n) is 4.82. The number of rotatable bonds is 5. The number of likely N-dealkylation sites (N-methyl/N-ethyl adjacent to an activating group) is 2. The van der Waals surface area contributed by atoms with Gasteiger partial charge >= 0.3 is 0 Å². The zero-order valence-corrected chi connectivity index (χ0v) is 11.5. The lowest BCUT2D eigenvalue weighted by atomic mass is 10.1. The number of nitrogens with zero attached hydrogens (tertiary/aromatic N) is 4. The molecule has 0 bridgehead atoms. The molecule has 1 aromatic heterocycles. The van der Waals surface area contributed by atoms with E-state index >= 15 is 0 Å². The third kappa shape index (κ3) is 2.88. The molecule has 18 heavy (non-hydrogen) atoms. The summed E-state index contributed by atoms with van der Waals surface area (Å²) in [5.74, 6) is 0. The summed E-state index contributed by atoms with van der Waals surface area (Å²) in [5, 5.41) is 11.5. The van der Waals surface area contributed by atoms with Gasteiger partial charge < -0.3 is 15.0 Å². The van der Waals surface area contributed by atoms with Crippen LogP contribution in [0.1, 0.15) is 25.1 Å². The van der Waals surface area contributed by atoms with Crippen molar-refractivity contribution in [3.63, 3.8) is 0 Å². The first-order valence-corrected chi connectivity index (χ1v) is 6.62. The van der Waals surface area contributed by atoms with Crippen LogP contribution in [0.15, 0.2) is 6.20 Å². The molecule has 0 saturated carbocycles. The van der Waals surface area contributed by atoms with E-state index in [2.05, 4.69) is 34.5 Å².